The van der Waals surface area contributed by atoms with Crippen LogP contribution in [0.25, 0.3) is 44.5 Å². The number of benzene rings is 16. The molecule has 4 atom stereocenters. The van der Waals surface area contributed by atoms with Crippen LogP contribution in [-0.4, -0.2) is 44.3 Å². The molecule has 8 nitrogen and oxygen atoms in total. The van der Waals surface area contributed by atoms with E-state index < -0.39 is 67.2 Å². The van der Waals surface area contributed by atoms with Crippen molar-refractivity contribution in [2.45, 2.75) is 69.0 Å². The SMILES string of the molecule is O=C(O)[C@@]1(c2ccc(-c3ccccc3)cc2)CC1(c1ccccc1)c1ccccc1.O=C(O)[C@@]1(c2ccc(-c3ccccc3)cc2)CC1(c1ccccc1)c1ccccc1.O=C(O)[C@@]1(c2ccc(-c3ccccc3)cc2)CC1(c1ccccc1)c1ccccc1.O=C(O)[C@@]1(c2ccc(-c3ccccc3)cc2)CC1(c1ccccc1)c1ccccc1.[Rh].[Rh]. The Labute approximate surface area is 738 Å². The van der Waals surface area contributed by atoms with Gasteiger partial charge in [-0.2, -0.15) is 0 Å². The standard InChI is InChI=1S/4C28H22O2.2Rh/c4*29-26(30)28(25-18-16-22(17-19-25)21-10-4-1-5-11-21)20-27(28,23-12-6-2-7-13-23)24-14-8-3-9-15-24;;/h4*1-19H,20H2,(H,29,30);;/t4*28-;;/m0000../s1. The predicted molar refractivity (Wildman–Crippen MR) is 478 cm³/mol. The summed E-state index contributed by atoms with van der Waals surface area (Å²) in [6, 6.07) is 153. The van der Waals surface area contributed by atoms with Crippen molar-refractivity contribution in [3.8, 4) is 44.5 Å². The number of carbonyl (C=O) groups is 4. The fourth-order valence-corrected chi connectivity index (χ4v) is 19.9. The summed E-state index contributed by atoms with van der Waals surface area (Å²) in [5.41, 5.74) is 14.4. The second-order valence-electron chi connectivity index (χ2n) is 31.9. The molecule has 16 aromatic rings. The van der Waals surface area contributed by atoms with Crippen molar-refractivity contribution in [1.29, 1.82) is 0 Å². The van der Waals surface area contributed by atoms with Crippen LogP contribution in [0.2, 0.25) is 0 Å². The van der Waals surface area contributed by atoms with Crippen molar-refractivity contribution < 1.29 is 78.6 Å². The largest absolute Gasteiger partial charge is 0.481 e. The molecule has 4 aliphatic carbocycles. The molecule has 16 aromatic carbocycles. The van der Waals surface area contributed by atoms with E-state index in [4.69, 9.17) is 0 Å². The van der Waals surface area contributed by atoms with Gasteiger partial charge in [-0.05, 0) is 137 Å². The van der Waals surface area contributed by atoms with Gasteiger partial charge in [0.1, 0.15) is 21.7 Å². The van der Waals surface area contributed by atoms with E-state index in [2.05, 4.69) is 146 Å². The van der Waals surface area contributed by atoms with E-state index >= 15 is 0 Å². The Kier molecular flexibility index (Phi) is 24.1. The average molecular weight is 1770 g/mol. The van der Waals surface area contributed by atoms with Crippen LogP contribution in [0.3, 0.4) is 0 Å². The van der Waals surface area contributed by atoms with E-state index in [1.54, 1.807) is 0 Å². The Balaban J connectivity index is 0.000000126. The molecule has 0 spiro atoms. The van der Waals surface area contributed by atoms with E-state index in [1.807, 2.05) is 315 Å². The first-order valence-corrected chi connectivity index (χ1v) is 40.8. The molecule has 4 saturated carbocycles. The first-order chi connectivity index (χ1) is 58.7. The summed E-state index contributed by atoms with van der Waals surface area (Å²) in [7, 11) is 0. The fourth-order valence-electron chi connectivity index (χ4n) is 19.9. The molecule has 0 aliphatic heterocycles. The molecule has 10 heteroatoms. The molecular weight excluding hydrogens is 1680 g/mol. The molecule has 2 radical (unpaired) electrons. The normalized spacial score (nSPS) is 18.9. The van der Waals surface area contributed by atoms with Gasteiger partial charge >= 0.3 is 23.9 Å². The molecule has 0 heterocycles. The molecule has 4 fully saturated rings. The number of hydrogen-bond donors (Lipinski definition) is 4. The second-order valence-corrected chi connectivity index (χ2v) is 31.9. The van der Waals surface area contributed by atoms with Crippen molar-refractivity contribution in [1.82, 2.24) is 0 Å². The van der Waals surface area contributed by atoms with Crippen LogP contribution in [0.5, 0.6) is 0 Å². The molecule has 20 rings (SSSR count). The van der Waals surface area contributed by atoms with Crippen molar-refractivity contribution in [2.75, 3.05) is 0 Å². The van der Waals surface area contributed by atoms with Gasteiger partial charge in [0.05, 0.1) is 0 Å². The van der Waals surface area contributed by atoms with E-state index in [0.717, 1.165) is 111 Å². The topological polar surface area (TPSA) is 149 Å². The van der Waals surface area contributed by atoms with Gasteiger partial charge in [0, 0.05) is 60.6 Å². The van der Waals surface area contributed by atoms with Crippen LogP contribution in [0.1, 0.15) is 92.4 Å². The Bertz CT molecular complexity index is 5300. The van der Waals surface area contributed by atoms with E-state index in [1.165, 1.54) is 0 Å². The van der Waals surface area contributed by atoms with E-state index in [9.17, 15) is 39.6 Å². The smallest absolute Gasteiger partial charge is 0.315 e. The second kappa shape index (κ2) is 35.1. The minimum atomic E-state index is -0.981. The monoisotopic (exact) mass is 1770 g/mol. The molecule has 0 saturated heterocycles. The maximum absolute atomic E-state index is 12.8. The molecule has 0 amide bonds. The molecule has 4 aliphatic rings. The Morgan fingerprint density at radius 3 is 0.369 bits per heavy atom. The molecule has 4 N–H and O–H groups in total. The van der Waals surface area contributed by atoms with Crippen LogP contribution in [0, 0.1) is 0 Å². The molecule has 0 aromatic heterocycles. The quantitative estimate of drug-likeness (QED) is 0.0551. The first kappa shape index (κ1) is 83.7. The number of carboxylic acid groups (broad SMARTS) is 4. The average Bonchev–Trinajstić information content (AvgIpc) is 1.52. The molecule has 602 valence electrons. The third kappa shape index (κ3) is 14.5. The summed E-state index contributed by atoms with van der Waals surface area (Å²) in [6.07, 6.45) is 2.20. The van der Waals surface area contributed by atoms with Gasteiger partial charge in [-0.15, -0.1) is 0 Å². The molecule has 122 heavy (non-hydrogen) atoms. The summed E-state index contributed by atoms with van der Waals surface area (Å²) in [5, 5.41) is 42.0. The zero-order valence-electron chi connectivity index (χ0n) is 66.8. The molecular formula is C112H88O8Rh2. The number of carboxylic acids is 4. The summed E-state index contributed by atoms with van der Waals surface area (Å²) < 4.78 is 0. The van der Waals surface area contributed by atoms with Crippen molar-refractivity contribution in [2.24, 2.45) is 0 Å². The third-order valence-electron chi connectivity index (χ3n) is 26.1. The van der Waals surface area contributed by atoms with Crippen LogP contribution in [-0.2, 0) is 101 Å². The van der Waals surface area contributed by atoms with Crippen LogP contribution < -0.4 is 0 Å². The molecule has 0 unspecified atom stereocenters. The summed E-state index contributed by atoms with van der Waals surface area (Å²) in [5.74, 6) is -3.10. The van der Waals surface area contributed by atoms with Gasteiger partial charge in [-0.3, -0.25) is 19.2 Å². The minimum absolute atomic E-state index is 0. The maximum Gasteiger partial charge on any atom is 0.315 e. The number of aliphatic carboxylic acids is 4. The van der Waals surface area contributed by atoms with Gasteiger partial charge in [-0.1, -0.05) is 461 Å². The van der Waals surface area contributed by atoms with Gasteiger partial charge in [0.25, 0.3) is 0 Å². The Morgan fingerprint density at radius 1 is 0.148 bits per heavy atom. The van der Waals surface area contributed by atoms with Crippen LogP contribution in [0.4, 0.5) is 0 Å². The van der Waals surface area contributed by atoms with Crippen LogP contribution >= 0.6 is 0 Å². The Hall–Kier alpha value is -13.4. The van der Waals surface area contributed by atoms with Gasteiger partial charge < -0.3 is 20.4 Å². The summed E-state index contributed by atoms with van der Waals surface area (Å²) >= 11 is 0. The minimum Gasteiger partial charge on any atom is -0.481 e. The van der Waals surface area contributed by atoms with E-state index in [-0.39, 0.29) is 39.0 Å². The maximum atomic E-state index is 12.8. The van der Waals surface area contributed by atoms with Gasteiger partial charge in [-0.25, -0.2) is 0 Å². The van der Waals surface area contributed by atoms with Crippen molar-refractivity contribution in [3.63, 3.8) is 0 Å². The third-order valence-corrected chi connectivity index (χ3v) is 26.1. The first-order valence-electron chi connectivity index (χ1n) is 40.8. The number of rotatable bonds is 20. The van der Waals surface area contributed by atoms with Crippen molar-refractivity contribution >= 4 is 23.9 Å². The van der Waals surface area contributed by atoms with E-state index in [0.29, 0.717) is 25.7 Å². The fraction of sp³-hybridized carbons (Fsp3) is 0.107. The zero-order chi connectivity index (χ0) is 82.4. The number of hydrogen-bond acceptors (Lipinski definition) is 4. The predicted octanol–water partition coefficient (Wildman–Crippen LogP) is 24.3. The summed E-state index contributed by atoms with van der Waals surface area (Å²) in [6.45, 7) is 0. The molecule has 0 bridgehead atoms. The van der Waals surface area contributed by atoms with Crippen LogP contribution in [0.15, 0.2) is 461 Å². The summed E-state index contributed by atoms with van der Waals surface area (Å²) in [4.78, 5) is 51.2. The van der Waals surface area contributed by atoms with Crippen molar-refractivity contribution in [3.05, 3.63) is 528 Å². The van der Waals surface area contributed by atoms with Gasteiger partial charge in [0.15, 0.2) is 0 Å². The van der Waals surface area contributed by atoms with Gasteiger partial charge in [0.2, 0.25) is 0 Å². The zero-order valence-corrected chi connectivity index (χ0v) is 70.1. The Morgan fingerprint density at radius 2 is 0.254 bits per heavy atom.